The Bertz CT molecular complexity index is 644. The second kappa shape index (κ2) is 6.81. The number of hydrogen-bond donors (Lipinski definition) is 1. The Kier molecular flexibility index (Phi) is 4.38. The van der Waals surface area contributed by atoms with E-state index >= 15 is 0 Å². The SMILES string of the molecule is c1ccc(-n2ncc(CNCCCn3cccn3)n2)cc1. The first kappa shape index (κ1) is 13.5. The van der Waals surface area contributed by atoms with Crippen LogP contribution < -0.4 is 5.32 Å². The quantitative estimate of drug-likeness (QED) is 0.669. The van der Waals surface area contributed by atoms with Crippen molar-refractivity contribution in [2.24, 2.45) is 0 Å². The molecule has 0 unspecified atom stereocenters. The lowest BCUT2D eigenvalue weighted by Gasteiger charge is -2.03. The first-order valence-electron chi connectivity index (χ1n) is 7.06. The van der Waals surface area contributed by atoms with Crippen LogP contribution >= 0.6 is 0 Å². The largest absolute Gasteiger partial charge is 0.311 e. The van der Waals surface area contributed by atoms with Crippen LogP contribution in [0.1, 0.15) is 12.1 Å². The molecule has 3 aromatic rings. The van der Waals surface area contributed by atoms with Gasteiger partial charge in [-0.05, 0) is 31.2 Å². The molecule has 0 radical (unpaired) electrons. The van der Waals surface area contributed by atoms with Gasteiger partial charge in [-0.25, -0.2) is 0 Å². The molecule has 2 heterocycles. The van der Waals surface area contributed by atoms with E-state index in [1.165, 1.54) is 0 Å². The average Bonchev–Trinajstić information content (AvgIpc) is 3.19. The molecule has 6 heteroatoms. The first-order chi connectivity index (χ1) is 10.4. The van der Waals surface area contributed by atoms with Crippen molar-refractivity contribution in [3.8, 4) is 5.69 Å². The van der Waals surface area contributed by atoms with E-state index in [1.807, 2.05) is 47.3 Å². The molecule has 0 saturated carbocycles. The zero-order chi connectivity index (χ0) is 14.3. The van der Waals surface area contributed by atoms with Crippen molar-refractivity contribution in [3.05, 3.63) is 60.7 Å². The van der Waals surface area contributed by atoms with Crippen LogP contribution in [0.3, 0.4) is 0 Å². The molecule has 0 aliphatic rings. The van der Waals surface area contributed by atoms with Gasteiger partial charge in [0.2, 0.25) is 0 Å². The zero-order valence-corrected chi connectivity index (χ0v) is 11.8. The minimum atomic E-state index is 0.728. The fourth-order valence-corrected chi connectivity index (χ4v) is 2.08. The van der Waals surface area contributed by atoms with Gasteiger partial charge in [-0.3, -0.25) is 4.68 Å². The third-order valence-electron chi connectivity index (χ3n) is 3.13. The molecular formula is C15H18N6. The lowest BCUT2D eigenvalue weighted by molar-refractivity contribution is 0.540. The molecule has 108 valence electrons. The highest BCUT2D eigenvalue weighted by atomic mass is 15.5. The van der Waals surface area contributed by atoms with E-state index in [9.17, 15) is 0 Å². The molecule has 1 N–H and O–H groups in total. The van der Waals surface area contributed by atoms with Gasteiger partial charge in [-0.2, -0.15) is 20.1 Å². The molecule has 21 heavy (non-hydrogen) atoms. The van der Waals surface area contributed by atoms with Crippen molar-refractivity contribution in [2.75, 3.05) is 6.54 Å². The van der Waals surface area contributed by atoms with Gasteiger partial charge in [0.1, 0.15) is 0 Å². The molecule has 0 atom stereocenters. The summed E-state index contributed by atoms with van der Waals surface area (Å²) < 4.78 is 1.94. The average molecular weight is 282 g/mol. The molecule has 0 fully saturated rings. The summed E-state index contributed by atoms with van der Waals surface area (Å²) in [4.78, 5) is 1.65. The van der Waals surface area contributed by atoms with Gasteiger partial charge in [0.25, 0.3) is 0 Å². The minimum absolute atomic E-state index is 0.728. The molecule has 0 bridgehead atoms. The number of hydrogen-bond acceptors (Lipinski definition) is 4. The lowest BCUT2D eigenvalue weighted by Crippen LogP contribution is -2.17. The molecule has 1 aromatic carbocycles. The van der Waals surface area contributed by atoms with E-state index in [-0.39, 0.29) is 0 Å². The molecule has 0 saturated heterocycles. The number of nitrogens with one attached hydrogen (secondary N) is 1. The Labute approximate surface area is 123 Å². The van der Waals surface area contributed by atoms with Gasteiger partial charge >= 0.3 is 0 Å². The summed E-state index contributed by atoms with van der Waals surface area (Å²) in [5.74, 6) is 0. The Morgan fingerprint density at radius 2 is 1.95 bits per heavy atom. The zero-order valence-electron chi connectivity index (χ0n) is 11.8. The summed E-state index contributed by atoms with van der Waals surface area (Å²) in [5, 5.41) is 16.3. The summed E-state index contributed by atoms with van der Waals surface area (Å²) in [5.41, 5.74) is 1.92. The van der Waals surface area contributed by atoms with E-state index in [4.69, 9.17) is 0 Å². The van der Waals surface area contributed by atoms with Crippen LogP contribution in [-0.4, -0.2) is 31.3 Å². The predicted octanol–water partition coefficient (Wildman–Crippen LogP) is 1.64. The van der Waals surface area contributed by atoms with Gasteiger partial charge in [-0.15, -0.1) is 0 Å². The van der Waals surface area contributed by atoms with Crippen molar-refractivity contribution < 1.29 is 0 Å². The van der Waals surface area contributed by atoms with Crippen LogP contribution in [0.4, 0.5) is 0 Å². The van der Waals surface area contributed by atoms with Crippen molar-refractivity contribution in [3.63, 3.8) is 0 Å². The summed E-state index contributed by atoms with van der Waals surface area (Å²) in [6.07, 6.45) is 6.61. The topological polar surface area (TPSA) is 60.6 Å². The molecule has 0 aliphatic carbocycles. The summed E-state index contributed by atoms with van der Waals surface area (Å²) in [6, 6.07) is 11.9. The maximum Gasteiger partial charge on any atom is 0.0969 e. The molecule has 0 aliphatic heterocycles. The number of benzene rings is 1. The van der Waals surface area contributed by atoms with Crippen LogP contribution in [0.2, 0.25) is 0 Å². The monoisotopic (exact) mass is 282 g/mol. The Hall–Kier alpha value is -2.47. The van der Waals surface area contributed by atoms with Crippen LogP contribution in [0.5, 0.6) is 0 Å². The van der Waals surface area contributed by atoms with Crippen LogP contribution in [0.25, 0.3) is 5.69 Å². The Balaban J connectivity index is 1.43. The molecule has 0 amide bonds. The summed E-state index contributed by atoms with van der Waals surface area (Å²) >= 11 is 0. The van der Waals surface area contributed by atoms with Crippen molar-refractivity contribution >= 4 is 0 Å². The normalized spacial score (nSPS) is 10.9. The molecule has 0 spiro atoms. The third kappa shape index (κ3) is 3.76. The summed E-state index contributed by atoms with van der Waals surface area (Å²) in [7, 11) is 0. The van der Waals surface area contributed by atoms with Gasteiger partial charge in [-0.1, -0.05) is 18.2 Å². The fourth-order valence-electron chi connectivity index (χ4n) is 2.08. The van der Waals surface area contributed by atoms with Crippen molar-refractivity contribution in [2.45, 2.75) is 19.5 Å². The highest BCUT2D eigenvalue weighted by molar-refractivity contribution is 5.28. The highest BCUT2D eigenvalue weighted by Crippen LogP contribution is 2.03. The van der Waals surface area contributed by atoms with E-state index in [1.54, 1.807) is 17.2 Å². The minimum Gasteiger partial charge on any atom is -0.311 e. The summed E-state index contributed by atoms with van der Waals surface area (Å²) in [6.45, 7) is 2.58. The molecule has 6 nitrogen and oxygen atoms in total. The number of rotatable bonds is 7. The van der Waals surface area contributed by atoms with Gasteiger partial charge < -0.3 is 5.32 Å². The maximum absolute atomic E-state index is 4.45. The first-order valence-corrected chi connectivity index (χ1v) is 7.06. The Morgan fingerprint density at radius 1 is 1.05 bits per heavy atom. The van der Waals surface area contributed by atoms with E-state index < -0.39 is 0 Å². The van der Waals surface area contributed by atoms with E-state index in [0.29, 0.717) is 0 Å². The lowest BCUT2D eigenvalue weighted by atomic mass is 10.3. The van der Waals surface area contributed by atoms with Crippen LogP contribution in [0, 0.1) is 0 Å². The second-order valence-corrected chi connectivity index (χ2v) is 4.76. The molecular weight excluding hydrogens is 264 g/mol. The molecule has 3 rings (SSSR count). The predicted molar refractivity (Wildman–Crippen MR) is 79.9 cm³/mol. The third-order valence-corrected chi connectivity index (χ3v) is 3.13. The maximum atomic E-state index is 4.45. The van der Waals surface area contributed by atoms with Crippen LogP contribution in [-0.2, 0) is 13.1 Å². The van der Waals surface area contributed by atoms with Gasteiger partial charge in [0.15, 0.2) is 0 Å². The van der Waals surface area contributed by atoms with Crippen molar-refractivity contribution in [1.82, 2.24) is 30.1 Å². The Morgan fingerprint density at radius 3 is 2.76 bits per heavy atom. The number of aryl methyl sites for hydroxylation is 1. The highest BCUT2D eigenvalue weighted by Gasteiger charge is 2.01. The molecule has 2 aromatic heterocycles. The van der Waals surface area contributed by atoms with E-state index in [2.05, 4.69) is 20.6 Å². The van der Waals surface area contributed by atoms with E-state index in [0.717, 1.165) is 37.4 Å². The number of aromatic nitrogens is 5. The standard InChI is InChI=1S/C15H18N6/c1-2-6-15(7-3-1)21-18-13-14(19-21)12-16-8-4-10-20-11-5-9-17-20/h1-3,5-7,9,11,13,16H,4,8,10,12H2. The second-order valence-electron chi connectivity index (χ2n) is 4.76. The number of nitrogens with zero attached hydrogens (tertiary/aromatic N) is 5. The van der Waals surface area contributed by atoms with Crippen LogP contribution in [0.15, 0.2) is 55.0 Å². The fraction of sp³-hybridized carbons (Fsp3) is 0.267. The van der Waals surface area contributed by atoms with Gasteiger partial charge in [0, 0.05) is 25.5 Å². The smallest absolute Gasteiger partial charge is 0.0969 e. The van der Waals surface area contributed by atoms with Gasteiger partial charge in [0.05, 0.1) is 17.6 Å². The van der Waals surface area contributed by atoms with Crippen molar-refractivity contribution in [1.29, 1.82) is 0 Å². The number of para-hydroxylation sites is 1.